The van der Waals surface area contributed by atoms with Gasteiger partial charge in [-0.15, -0.1) is 0 Å². The lowest BCUT2D eigenvalue weighted by molar-refractivity contribution is 0.427. The van der Waals surface area contributed by atoms with Gasteiger partial charge in [0.15, 0.2) is 0 Å². The molecule has 0 saturated heterocycles. The largest absolute Gasteiger partial charge is 0.508 e. The summed E-state index contributed by atoms with van der Waals surface area (Å²) in [6, 6.07) is 6.14. The molecule has 0 amide bonds. The molecule has 0 bridgehead atoms. The zero-order valence-corrected chi connectivity index (χ0v) is 7.88. The lowest BCUT2D eigenvalue weighted by Gasteiger charge is -2.26. The van der Waals surface area contributed by atoms with Gasteiger partial charge in [-0.2, -0.15) is 0 Å². The van der Waals surface area contributed by atoms with Gasteiger partial charge >= 0.3 is 0 Å². The third-order valence-corrected chi connectivity index (χ3v) is 2.72. The van der Waals surface area contributed by atoms with Crippen molar-refractivity contribution in [3.63, 3.8) is 0 Å². The van der Waals surface area contributed by atoms with Gasteiger partial charge < -0.3 is 10.4 Å². The van der Waals surface area contributed by atoms with Crippen LogP contribution in [-0.4, -0.2) is 11.7 Å². The van der Waals surface area contributed by atoms with E-state index in [1.807, 2.05) is 6.07 Å². The maximum atomic E-state index is 9.72. The second-order valence-electron chi connectivity index (χ2n) is 3.51. The smallest absolute Gasteiger partial charge is 0.120 e. The number of nitrogens with one attached hydrogen (secondary N) is 1. The zero-order chi connectivity index (χ0) is 9.26. The Morgan fingerprint density at radius 1 is 1.54 bits per heavy atom. The Kier molecular flexibility index (Phi) is 2.23. The molecule has 0 spiro atoms. The molecule has 70 valence electrons. The fraction of sp³-hybridized carbons (Fsp3) is 0.455. The van der Waals surface area contributed by atoms with E-state index in [1.165, 1.54) is 5.56 Å². The van der Waals surface area contributed by atoms with Crippen molar-refractivity contribution in [2.75, 3.05) is 6.54 Å². The first-order valence-corrected chi connectivity index (χ1v) is 4.87. The standard InChI is InChI=1S/C11H15NO/c1-2-9-11-8(6-7-12-9)4-3-5-10(11)13/h3-5,9,12-13H,2,6-7H2,1H3. The van der Waals surface area contributed by atoms with Crippen LogP contribution in [0.1, 0.15) is 30.5 Å². The highest BCUT2D eigenvalue weighted by Gasteiger charge is 2.20. The number of hydrogen-bond donors (Lipinski definition) is 2. The van der Waals surface area contributed by atoms with Crippen molar-refractivity contribution in [1.29, 1.82) is 0 Å². The van der Waals surface area contributed by atoms with E-state index in [0.29, 0.717) is 11.8 Å². The average Bonchev–Trinajstić information content (AvgIpc) is 2.17. The summed E-state index contributed by atoms with van der Waals surface area (Å²) in [5.74, 6) is 0.441. The highest BCUT2D eigenvalue weighted by molar-refractivity contribution is 5.43. The molecule has 1 heterocycles. The highest BCUT2D eigenvalue weighted by atomic mass is 16.3. The predicted molar refractivity (Wildman–Crippen MR) is 52.8 cm³/mol. The van der Waals surface area contributed by atoms with Gasteiger partial charge in [0.25, 0.3) is 0 Å². The molecule has 1 aliphatic heterocycles. The second-order valence-corrected chi connectivity index (χ2v) is 3.51. The Balaban J connectivity index is 2.47. The van der Waals surface area contributed by atoms with Crippen LogP contribution < -0.4 is 5.32 Å². The average molecular weight is 177 g/mol. The molecule has 13 heavy (non-hydrogen) atoms. The van der Waals surface area contributed by atoms with E-state index in [0.717, 1.165) is 24.9 Å². The van der Waals surface area contributed by atoms with E-state index < -0.39 is 0 Å². The molecule has 1 aromatic carbocycles. The number of aromatic hydroxyl groups is 1. The van der Waals surface area contributed by atoms with Gasteiger partial charge in [-0.3, -0.25) is 0 Å². The highest BCUT2D eigenvalue weighted by Crippen LogP contribution is 2.32. The van der Waals surface area contributed by atoms with E-state index in [2.05, 4.69) is 18.3 Å². The monoisotopic (exact) mass is 177 g/mol. The molecule has 0 radical (unpaired) electrons. The molecule has 1 unspecified atom stereocenters. The van der Waals surface area contributed by atoms with Crippen LogP contribution >= 0.6 is 0 Å². The van der Waals surface area contributed by atoms with Gasteiger partial charge in [-0.25, -0.2) is 0 Å². The van der Waals surface area contributed by atoms with Crippen molar-refractivity contribution >= 4 is 0 Å². The third-order valence-electron chi connectivity index (χ3n) is 2.72. The third kappa shape index (κ3) is 1.42. The van der Waals surface area contributed by atoms with Crippen molar-refractivity contribution in [3.05, 3.63) is 29.3 Å². The summed E-state index contributed by atoms with van der Waals surface area (Å²) in [6.45, 7) is 3.16. The molecule has 0 aromatic heterocycles. The Labute approximate surface area is 78.6 Å². The first-order chi connectivity index (χ1) is 6.33. The molecule has 2 nitrogen and oxygen atoms in total. The minimum absolute atomic E-state index is 0.338. The Morgan fingerprint density at radius 3 is 3.15 bits per heavy atom. The van der Waals surface area contributed by atoms with E-state index in [9.17, 15) is 5.11 Å². The summed E-state index contributed by atoms with van der Waals surface area (Å²) in [7, 11) is 0. The van der Waals surface area contributed by atoms with Crippen LogP contribution in [0.5, 0.6) is 5.75 Å². The van der Waals surface area contributed by atoms with Gasteiger partial charge in [-0.1, -0.05) is 19.1 Å². The Morgan fingerprint density at radius 2 is 2.38 bits per heavy atom. The second kappa shape index (κ2) is 3.38. The molecule has 1 aromatic rings. The van der Waals surface area contributed by atoms with Crippen LogP contribution in [0.3, 0.4) is 0 Å². The van der Waals surface area contributed by atoms with E-state index in [4.69, 9.17) is 0 Å². The lowest BCUT2D eigenvalue weighted by atomic mass is 9.92. The van der Waals surface area contributed by atoms with Gasteiger partial charge in [-0.05, 0) is 31.0 Å². The van der Waals surface area contributed by atoms with Crippen molar-refractivity contribution in [2.45, 2.75) is 25.8 Å². The van der Waals surface area contributed by atoms with Crippen molar-refractivity contribution < 1.29 is 5.11 Å². The Hall–Kier alpha value is -1.02. The molecule has 2 heteroatoms. The molecule has 1 aliphatic rings. The SMILES string of the molecule is CCC1NCCc2cccc(O)c21. The molecular weight excluding hydrogens is 162 g/mol. The van der Waals surface area contributed by atoms with E-state index in [-0.39, 0.29) is 0 Å². The fourth-order valence-corrected chi connectivity index (χ4v) is 2.05. The van der Waals surface area contributed by atoms with Gasteiger partial charge in [0.1, 0.15) is 5.75 Å². The van der Waals surface area contributed by atoms with Crippen molar-refractivity contribution in [2.24, 2.45) is 0 Å². The molecule has 2 N–H and O–H groups in total. The summed E-state index contributed by atoms with van der Waals surface area (Å²) in [6.07, 6.45) is 2.06. The topological polar surface area (TPSA) is 32.3 Å². The number of phenolic OH excluding ortho intramolecular Hbond substituents is 1. The minimum atomic E-state index is 0.338. The molecule has 0 aliphatic carbocycles. The summed E-state index contributed by atoms with van der Waals surface area (Å²) >= 11 is 0. The molecular formula is C11H15NO. The number of hydrogen-bond acceptors (Lipinski definition) is 2. The minimum Gasteiger partial charge on any atom is -0.508 e. The zero-order valence-electron chi connectivity index (χ0n) is 7.88. The van der Waals surface area contributed by atoms with E-state index >= 15 is 0 Å². The maximum absolute atomic E-state index is 9.72. The first-order valence-electron chi connectivity index (χ1n) is 4.87. The quantitative estimate of drug-likeness (QED) is 0.687. The summed E-state index contributed by atoms with van der Waals surface area (Å²) < 4.78 is 0. The fourth-order valence-electron chi connectivity index (χ4n) is 2.05. The van der Waals surface area contributed by atoms with Crippen LogP contribution in [0.4, 0.5) is 0 Å². The lowest BCUT2D eigenvalue weighted by Crippen LogP contribution is -2.29. The maximum Gasteiger partial charge on any atom is 0.120 e. The van der Waals surface area contributed by atoms with Crippen LogP contribution in [0, 0.1) is 0 Å². The summed E-state index contributed by atoms with van der Waals surface area (Å²) in [5.41, 5.74) is 2.40. The number of fused-ring (bicyclic) bond motifs is 1. The summed E-state index contributed by atoms with van der Waals surface area (Å²) in [5, 5.41) is 13.1. The van der Waals surface area contributed by atoms with Crippen LogP contribution in [0.15, 0.2) is 18.2 Å². The summed E-state index contributed by atoms with van der Waals surface area (Å²) in [4.78, 5) is 0. The first kappa shape index (κ1) is 8.57. The number of benzene rings is 1. The van der Waals surface area contributed by atoms with Crippen LogP contribution in [0.2, 0.25) is 0 Å². The normalized spacial score (nSPS) is 21.2. The van der Waals surface area contributed by atoms with Crippen molar-refractivity contribution in [3.8, 4) is 5.75 Å². The predicted octanol–water partition coefficient (Wildman–Crippen LogP) is 1.99. The van der Waals surface area contributed by atoms with Crippen molar-refractivity contribution in [1.82, 2.24) is 5.32 Å². The molecule has 2 rings (SSSR count). The molecule has 0 saturated carbocycles. The van der Waals surface area contributed by atoms with Crippen LogP contribution in [-0.2, 0) is 6.42 Å². The Bertz CT molecular complexity index is 309. The number of rotatable bonds is 1. The van der Waals surface area contributed by atoms with E-state index in [1.54, 1.807) is 6.07 Å². The molecule has 1 atom stereocenters. The number of phenols is 1. The van der Waals surface area contributed by atoms with Crippen LogP contribution in [0.25, 0.3) is 0 Å². The van der Waals surface area contributed by atoms with Gasteiger partial charge in [0.05, 0.1) is 0 Å². The van der Waals surface area contributed by atoms with Gasteiger partial charge in [0.2, 0.25) is 0 Å². The molecule has 0 fully saturated rings. The van der Waals surface area contributed by atoms with Gasteiger partial charge in [0, 0.05) is 11.6 Å².